The minimum absolute atomic E-state index is 0.0816. The largest absolute Gasteiger partial charge is 0.504 e. The number of nitrogens with two attached hydrogens (primary N) is 1. The number of aromatic hydroxyl groups is 1. The van der Waals surface area contributed by atoms with Crippen molar-refractivity contribution in [2.24, 2.45) is 5.73 Å². The summed E-state index contributed by atoms with van der Waals surface area (Å²) < 4.78 is 9.96. The second-order valence-corrected chi connectivity index (χ2v) is 7.89. The van der Waals surface area contributed by atoms with Crippen molar-refractivity contribution in [3.05, 3.63) is 35.0 Å². The van der Waals surface area contributed by atoms with E-state index in [2.05, 4.69) is 5.32 Å². The fourth-order valence-electron chi connectivity index (χ4n) is 3.27. The van der Waals surface area contributed by atoms with Crippen LogP contribution in [0.3, 0.4) is 0 Å². The van der Waals surface area contributed by atoms with E-state index in [1.165, 1.54) is 36.9 Å². The van der Waals surface area contributed by atoms with Crippen LogP contribution >= 0.6 is 11.8 Å². The van der Waals surface area contributed by atoms with Gasteiger partial charge in [-0.05, 0) is 17.7 Å². The zero-order valence-corrected chi connectivity index (χ0v) is 17.3. The fourth-order valence-corrected chi connectivity index (χ4v) is 4.59. The molecule has 1 aromatic carbocycles. The molecule has 0 spiro atoms. The van der Waals surface area contributed by atoms with Gasteiger partial charge in [-0.25, -0.2) is 4.79 Å². The van der Waals surface area contributed by atoms with E-state index in [1.807, 2.05) is 0 Å². The quantitative estimate of drug-likeness (QED) is 0.230. The number of fused-ring (bicyclic) bond motifs is 1. The number of β-lactam (4-membered cyclic amide) rings is 1. The molecular weight excluding hydrogens is 430 g/mol. The molecule has 0 unspecified atom stereocenters. The van der Waals surface area contributed by atoms with Gasteiger partial charge in [0.2, 0.25) is 5.91 Å². The molecule has 31 heavy (non-hydrogen) atoms. The van der Waals surface area contributed by atoms with Gasteiger partial charge in [-0.3, -0.25) is 25.0 Å². The molecule has 2 aliphatic rings. The van der Waals surface area contributed by atoms with E-state index in [9.17, 15) is 29.4 Å². The van der Waals surface area contributed by atoms with Gasteiger partial charge in [0.1, 0.15) is 30.5 Å². The highest BCUT2D eigenvalue weighted by Gasteiger charge is 2.54. The predicted molar refractivity (Wildman–Crippen MR) is 108 cm³/mol. The van der Waals surface area contributed by atoms with E-state index < -0.39 is 35.2 Å². The Hall–Kier alpha value is -3.25. The van der Waals surface area contributed by atoms with E-state index in [4.69, 9.17) is 15.2 Å². The van der Waals surface area contributed by atoms with E-state index in [0.29, 0.717) is 11.1 Å². The summed E-state index contributed by atoms with van der Waals surface area (Å²) in [7, 11) is 0. The highest BCUT2D eigenvalue weighted by Crippen LogP contribution is 2.40. The lowest BCUT2D eigenvalue weighted by Gasteiger charge is -2.49. The Balaban J connectivity index is 1.67. The summed E-state index contributed by atoms with van der Waals surface area (Å²) in [6.45, 7) is 0.846. The molecule has 12 heteroatoms. The number of carboxylic acids is 1. The molecule has 1 fully saturated rings. The van der Waals surface area contributed by atoms with E-state index >= 15 is 0 Å². The maximum Gasteiger partial charge on any atom is 0.352 e. The van der Waals surface area contributed by atoms with Crippen molar-refractivity contribution in [2.75, 3.05) is 19.1 Å². The molecule has 1 aromatic rings. The standard InChI is InChI=1S/C19H21N3O8S/c1-9(23)29-6-11-7-31-18-15(17(26)22(18)16(11)19(27)28)21-14(25)5-10-2-3-12(24)13(4-10)30-8-20/h2-4,15,18,24H,5-8,20H2,1H3,(H,21,25)(H,27,28)/t15-,18-/m1/s1. The van der Waals surface area contributed by atoms with Crippen molar-refractivity contribution in [1.29, 1.82) is 0 Å². The molecule has 0 radical (unpaired) electrons. The summed E-state index contributed by atoms with van der Waals surface area (Å²) in [6.07, 6.45) is -0.0816. The van der Waals surface area contributed by atoms with E-state index in [0.717, 1.165) is 4.90 Å². The number of ether oxygens (including phenoxy) is 2. The lowest BCUT2D eigenvalue weighted by atomic mass is 10.0. The molecule has 1 saturated heterocycles. The Morgan fingerprint density at radius 2 is 2.10 bits per heavy atom. The summed E-state index contributed by atoms with van der Waals surface area (Å²) in [5.74, 6) is -2.60. The van der Waals surface area contributed by atoms with Crippen LogP contribution in [0.5, 0.6) is 11.5 Å². The smallest absolute Gasteiger partial charge is 0.352 e. The van der Waals surface area contributed by atoms with Crippen LogP contribution in [0, 0.1) is 0 Å². The third kappa shape index (κ3) is 4.75. The van der Waals surface area contributed by atoms with Crippen molar-refractivity contribution < 1.29 is 38.9 Å². The van der Waals surface area contributed by atoms with Crippen molar-refractivity contribution >= 4 is 35.5 Å². The lowest BCUT2D eigenvalue weighted by Crippen LogP contribution is -2.70. The Morgan fingerprint density at radius 3 is 2.74 bits per heavy atom. The summed E-state index contributed by atoms with van der Waals surface area (Å²) in [4.78, 5) is 48.9. The molecule has 0 saturated carbocycles. The van der Waals surface area contributed by atoms with Crippen molar-refractivity contribution in [3.8, 4) is 11.5 Å². The number of nitrogens with one attached hydrogen (secondary N) is 1. The summed E-state index contributed by atoms with van der Waals surface area (Å²) in [6, 6.07) is 3.50. The van der Waals surface area contributed by atoms with Gasteiger partial charge in [-0.1, -0.05) is 6.07 Å². The van der Waals surface area contributed by atoms with Crippen LogP contribution in [0.25, 0.3) is 0 Å². The zero-order chi connectivity index (χ0) is 22.7. The molecule has 0 aliphatic carbocycles. The van der Waals surface area contributed by atoms with Crippen LogP contribution in [0.1, 0.15) is 12.5 Å². The topological polar surface area (TPSA) is 168 Å². The normalized spacial score (nSPS) is 19.9. The number of carbonyl (C=O) groups excluding carboxylic acids is 3. The second-order valence-electron chi connectivity index (χ2n) is 6.78. The monoisotopic (exact) mass is 451 g/mol. The van der Waals surface area contributed by atoms with Gasteiger partial charge in [0.05, 0.1) is 6.42 Å². The maximum atomic E-state index is 12.6. The molecule has 0 bridgehead atoms. The Morgan fingerprint density at radius 1 is 1.35 bits per heavy atom. The van der Waals surface area contributed by atoms with Gasteiger partial charge in [-0.2, -0.15) is 0 Å². The third-order valence-corrected chi connectivity index (χ3v) is 5.98. The number of amides is 2. The van der Waals surface area contributed by atoms with Gasteiger partial charge in [0.25, 0.3) is 5.91 Å². The van der Waals surface area contributed by atoms with Crippen LogP contribution in [-0.2, 0) is 30.3 Å². The number of carbonyl (C=O) groups is 4. The number of benzene rings is 1. The lowest BCUT2D eigenvalue weighted by molar-refractivity contribution is -0.151. The number of hydrogen-bond donors (Lipinski definition) is 4. The van der Waals surface area contributed by atoms with Crippen LogP contribution < -0.4 is 15.8 Å². The van der Waals surface area contributed by atoms with Gasteiger partial charge < -0.3 is 25.0 Å². The number of aliphatic carboxylic acids is 1. The molecule has 2 aliphatic heterocycles. The van der Waals surface area contributed by atoms with Crippen LogP contribution in [0.15, 0.2) is 29.5 Å². The molecule has 11 nitrogen and oxygen atoms in total. The first-order valence-corrected chi connectivity index (χ1v) is 10.2. The number of rotatable bonds is 8. The average Bonchev–Trinajstić information content (AvgIpc) is 2.72. The minimum Gasteiger partial charge on any atom is -0.504 e. The molecule has 2 amide bonds. The second kappa shape index (κ2) is 9.27. The van der Waals surface area contributed by atoms with Gasteiger partial charge in [0, 0.05) is 18.2 Å². The Labute approximate surface area is 181 Å². The maximum absolute atomic E-state index is 12.6. The first kappa shape index (κ1) is 22.4. The summed E-state index contributed by atoms with van der Waals surface area (Å²) >= 11 is 1.28. The first-order chi connectivity index (χ1) is 14.7. The Kier molecular flexibility index (Phi) is 6.71. The number of hydrogen-bond acceptors (Lipinski definition) is 9. The van der Waals surface area contributed by atoms with Crippen molar-refractivity contribution in [1.82, 2.24) is 10.2 Å². The number of nitrogens with zero attached hydrogens (tertiary/aromatic N) is 1. The first-order valence-electron chi connectivity index (χ1n) is 9.20. The molecule has 2 heterocycles. The molecule has 3 rings (SSSR count). The molecule has 2 atom stereocenters. The average molecular weight is 451 g/mol. The Bertz CT molecular complexity index is 963. The molecule has 166 valence electrons. The number of phenols is 1. The van der Waals surface area contributed by atoms with Crippen molar-refractivity contribution in [3.63, 3.8) is 0 Å². The van der Waals surface area contributed by atoms with E-state index in [-0.39, 0.29) is 42.7 Å². The van der Waals surface area contributed by atoms with Crippen LogP contribution in [-0.4, -0.2) is 69.4 Å². The third-order valence-electron chi connectivity index (χ3n) is 4.64. The number of esters is 1. The fraction of sp³-hybridized carbons (Fsp3) is 0.368. The van der Waals surface area contributed by atoms with Gasteiger partial charge >= 0.3 is 11.9 Å². The number of thioether (sulfide) groups is 1. The highest BCUT2D eigenvalue weighted by molar-refractivity contribution is 8.00. The number of phenolic OH excluding ortho intramolecular Hbond substituents is 1. The SMILES string of the molecule is CC(=O)OCC1=C(C(=O)O)N2C(=O)[C@@H](NC(=O)Cc3ccc(O)c(OCN)c3)[C@H]2SC1. The molecule has 5 N–H and O–H groups in total. The zero-order valence-electron chi connectivity index (χ0n) is 16.5. The van der Waals surface area contributed by atoms with Gasteiger partial charge in [-0.15, -0.1) is 11.8 Å². The van der Waals surface area contributed by atoms with Crippen LogP contribution in [0.2, 0.25) is 0 Å². The molecule has 0 aromatic heterocycles. The summed E-state index contributed by atoms with van der Waals surface area (Å²) in [5, 5.41) is 21.3. The van der Waals surface area contributed by atoms with Crippen molar-refractivity contribution in [2.45, 2.75) is 24.8 Å². The van der Waals surface area contributed by atoms with Crippen LogP contribution in [0.4, 0.5) is 0 Å². The summed E-state index contributed by atoms with van der Waals surface area (Å²) in [5.41, 5.74) is 5.93. The molecular formula is C19H21N3O8S. The van der Waals surface area contributed by atoms with Gasteiger partial charge in [0.15, 0.2) is 11.5 Å². The predicted octanol–water partition coefficient (Wildman–Crippen LogP) is -0.469. The minimum atomic E-state index is -1.30. The highest BCUT2D eigenvalue weighted by atomic mass is 32.2. The number of carboxylic acid groups (broad SMARTS) is 1. The van der Waals surface area contributed by atoms with E-state index in [1.54, 1.807) is 0 Å².